The van der Waals surface area contributed by atoms with Gasteiger partial charge in [0.1, 0.15) is 0 Å². The number of ketones is 1. The van der Waals surface area contributed by atoms with Crippen LogP contribution in [-0.2, 0) is 13.2 Å². The van der Waals surface area contributed by atoms with Crippen molar-refractivity contribution in [3.05, 3.63) is 82.2 Å². The van der Waals surface area contributed by atoms with Crippen LogP contribution in [0.25, 0.3) is 22.0 Å². The van der Waals surface area contributed by atoms with E-state index in [2.05, 4.69) is 0 Å². The number of rotatable bonds is 5. The molecule has 0 bridgehead atoms. The van der Waals surface area contributed by atoms with Crippen LogP contribution in [0.15, 0.2) is 65.6 Å². The molecule has 4 nitrogen and oxygen atoms in total. The van der Waals surface area contributed by atoms with Crippen LogP contribution < -0.4 is 5.43 Å². The van der Waals surface area contributed by atoms with E-state index < -0.39 is 0 Å². The molecule has 0 atom stereocenters. The number of carbonyl (C=O) groups is 1. The van der Waals surface area contributed by atoms with Gasteiger partial charge in [0.25, 0.3) is 0 Å². The zero-order valence-corrected chi connectivity index (χ0v) is 14.9. The molecule has 0 aliphatic rings. The highest BCUT2D eigenvalue weighted by Gasteiger charge is 2.13. The Bertz CT molecular complexity index is 1060. The third kappa shape index (κ3) is 3.37. The number of allylic oxidation sites excluding steroid dienone is 2. The van der Waals surface area contributed by atoms with Gasteiger partial charge in [-0.2, -0.15) is 0 Å². The Balaban J connectivity index is 2.26. The summed E-state index contributed by atoms with van der Waals surface area (Å²) < 4.78 is 1.92. The number of aromatic nitrogens is 1. The van der Waals surface area contributed by atoms with Crippen LogP contribution in [0.5, 0.6) is 0 Å². The first-order chi connectivity index (χ1) is 12.5. The highest BCUT2D eigenvalue weighted by molar-refractivity contribution is 5.98. The van der Waals surface area contributed by atoms with E-state index in [1.54, 1.807) is 6.20 Å². The Kier molecular flexibility index (Phi) is 5.14. The van der Waals surface area contributed by atoms with Crippen molar-refractivity contribution in [3.63, 3.8) is 0 Å². The second-order valence-electron chi connectivity index (χ2n) is 6.24. The molecule has 0 unspecified atom stereocenters. The smallest absolute Gasteiger partial charge is 0.200 e. The Morgan fingerprint density at radius 2 is 1.92 bits per heavy atom. The molecule has 3 rings (SSSR count). The van der Waals surface area contributed by atoms with E-state index in [0.717, 1.165) is 22.2 Å². The van der Waals surface area contributed by atoms with Gasteiger partial charge in [-0.15, -0.1) is 0 Å². The van der Waals surface area contributed by atoms with Gasteiger partial charge >= 0.3 is 0 Å². The van der Waals surface area contributed by atoms with Gasteiger partial charge in [-0.1, -0.05) is 36.4 Å². The maximum atomic E-state index is 12.8. The average Bonchev–Trinajstić information content (AvgIpc) is 2.67. The van der Waals surface area contributed by atoms with E-state index in [9.17, 15) is 14.7 Å². The molecule has 0 radical (unpaired) electrons. The van der Waals surface area contributed by atoms with E-state index >= 15 is 0 Å². The van der Waals surface area contributed by atoms with Crippen molar-refractivity contribution in [3.8, 4) is 11.1 Å². The highest BCUT2D eigenvalue weighted by atomic mass is 16.3. The molecule has 1 N–H and O–H groups in total. The van der Waals surface area contributed by atoms with E-state index in [-0.39, 0.29) is 23.4 Å². The van der Waals surface area contributed by atoms with Crippen LogP contribution >= 0.6 is 0 Å². The summed E-state index contributed by atoms with van der Waals surface area (Å²) in [5.41, 5.74) is 3.35. The number of carbonyl (C=O) groups excluding carboxylic acids is 1. The molecule has 26 heavy (non-hydrogen) atoms. The number of aliphatic hydroxyl groups excluding tert-OH is 1. The van der Waals surface area contributed by atoms with Crippen LogP contribution in [0.1, 0.15) is 29.8 Å². The summed E-state index contributed by atoms with van der Waals surface area (Å²) in [7, 11) is 0. The van der Waals surface area contributed by atoms with Gasteiger partial charge in [-0.05, 0) is 48.7 Å². The largest absolute Gasteiger partial charge is 0.392 e. The maximum Gasteiger partial charge on any atom is 0.200 e. The summed E-state index contributed by atoms with van der Waals surface area (Å²) in [6.45, 7) is 3.90. The summed E-state index contributed by atoms with van der Waals surface area (Å²) in [4.78, 5) is 24.7. The third-order valence-electron chi connectivity index (χ3n) is 4.44. The summed E-state index contributed by atoms with van der Waals surface area (Å²) in [5.74, 6) is -0.237. The number of aliphatic hydroxyl groups is 1. The summed E-state index contributed by atoms with van der Waals surface area (Å²) in [6, 6.07) is 13.3. The average molecular weight is 347 g/mol. The number of benzene rings is 2. The summed E-state index contributed by atoms with van der Waals surface area (Å²) in [5, 5.41) is 9.87. The van der Waals surface area contributed by atoms with Gasteiger partial charge in [0, 0.05) is 18.1 Å². The molecule has 0 saturated heterocycles. The van der Waals surface area contributed by atoms with Gasteiger partial charge in [-0.25, -0.2) is 0 Å². The number of hydrogen-bond acceptors (Lipinski definition) is 3. The molecule has 0 aliphatic carbocycles. The molecule has 3 aromatic rings. The Morgan fingerprint density at radius 1 is 1.15 bits per heavy atom. The molecule has 0 amide bonds. The highest BCUT2D eigenvalue weighted by Crippen LogP contribution is 2.24. The number of hydrogen-bond donors (Lipinski definition) is 1. The maximum absolute atomic E-state index is 12.8. The Hall–Kier alpha value is -2.98. The molecular weight excluding hydrogens is 326 g/mol. The number of nitrogens with zero attached hydrogens (tertiary/aromatic N) is 1. The van der Waals surface area contributed by atoms with Crippen LogP contribution in [0.3, 0.4) is 0 Å². The lowest BCUT2D eigenvalue weighted by atomic mass is 10.00. The van der Waals surface area contributed by atoms with Crippen molar-refractivity contribution in [2.24, 2.45) is 0 Å². The van der Waals surface area contributed by atoms with E-state index in [4.69, 9.17) is 0 Å². The van der Waals surface area contributed by atoms with Crippen molar-refractivity contribution in [2.75, 3.05) is 0 Å². The minimum absolute atomic E-state index is 0.0357. The fraction of sp³-hybridized carbons (Fsp3) is 0.182. The van der Waals surface area contributed by atoms with Crippen molar-refractivity contribution >= 4 is 16.7 Å². The SMILES string of the molecule is C/C=C/Cn1cc(C(C)=O)c(=O)c2cc(-c3cccc(CO)c3)ccc21. The first-order valence-electron chi connectivity index (χ1n) is 8.54. The molecule has 0 aliphatic heterocycles. The van der Waals surface area contributed by atoms with Crippen LogP contribution in [0.2, 0.25) is 0 Å². The second kappa shape index (κ2) is 7.50. The molecule has 2 aromatic carbocycles. The van der Waals surface area contributed by atoms with E-state index in [0.29, 0.717) is 11.9 Å². The Morgan fingerprint density at radius 3 is 2.62 bits per heavy atom. The predicted octanol–water partition coefficient (Wildman–Crippen LogP) is 3.94. The number of Topliss-reactive ketones (excluding diaryl/α,β-unsaturated/α-hetero) is 1. The molecule has 1 heterocycles. The van der Waals surface area contributed by atoms with E-state index in [1.165, 1.54) is 6.92 Å². The fourth-order valence-corrected chi connectivity index (χ4v) is 3.05. The predicted molar refractivity (Wildman–Crippen MR) is 104 cm³/mol. The molecule has 0 fully saturated rings. The summed E-state index contributed by atoms with van der Waals surface area (Å²) >= 11 is 0. The molecule has 1 aromatic heterocycles. The minimum Gasteiger partial charge on any atom is -0.392 e. The minimum atomic E-state index is -0.246. The lowest BCUT2D eigenvalue weighted by molar-refractivity contribution is 0.101. The van der Waals surface area contributed by atoms with Gasteiger partial charge in [-0.3, -0.25) is 9.59 Å². The van der Waals surface area contributed by atoms with Crippen LogP contribution in [-0.4, -0.2) is 15.5 Å². The van der Waals surface area contributed by atoms with Gasteiger partial charge in [0.05, 0.1) is 17.7 Å². The zero-order chi connectivity index (χ0) is 18.7. The molecule has 0 saturated carbocycles. The van der Waals surface area contributed by atoms with Gasteiger partial charge in [0.2, 0.25) is 0 Å². The van der Waals surface area contributed by atoms with Crippen molar-refractivity contribution < 1.29 is 9.90 Å². The van der Waals surface area contributed by atoms with Gasteiger partial charge in [0.15, 0.2) is 11.2 Å². The van der Waals surface area contributed by atoms with Crippen LogP contribution in [0, 0.1) is 0 Å². The topological polar surface area (TPSA) is 59.3 Å². The zero-order valence-electron chi connectivity index (χ0n) is 14.9. The third-order valence-corrected chi connectivity index (χ3v) is 4.44. The second-order valence-corrected chi connectivity index (χ2v) is 6.24. The molecule has 0 spiro atoms. The summed E-state index contributed by atoms with van der Waals surface area (Å²) in [6.07, 6.45) is 5.55. The Labute approximate surface area is 152 Å². The molecule has 132 valence electrons. The number of fused-ring (bicyclic) bond motifs is 1. The standard InChI is InChI=1S/C22H21NO3/c1-3-4-10-23-13-20(15(2)25)22(26)19-12-18(8-9-21(19)23)17-7-5-6-16(11-17)14-24/h3-9,11-13,24H,10,14H2,1-2H3/b4-3+. The number of pyridine rings is 1. The first-order valence-corrected chi connectivity index (χ1v) is 8.54. The fourth-order valence-electron chi connectivity index (χ4n) is 3.05. The van der Waals surface area contributed by atoms with Crippen LogP contribution in [0.4, 0.5) is 0 Å². The monoisotopic (exact) mass is 347 g/mol. The lowest BCUT2D eigenvalue weighted by Gasteiger charge is -2.12. The lowest BCUT2D eigenvalue weighted by Crippen LogP contribution is -2.17. The van der Waals surface area contributed by atoms with Gasteiger partial charge < -0.3 is 9.67 Å². The van der Waals surface area contributed by atoms with E-state index in [1.807, 2.05) is 66.1 Å². The molecular formula is C22H21NO3. The normalized spacial score (nSPS) is 11.3. The first kappa shape index (κ1) is 17.8. The van der Waals surface area contributed by atoms with Crippen molar-refractivity contribution in [2.45, 2.75) is 27.0 Å². The van der Waals surface area contributed by atoms with Crippen molar-refractivity contribution in [1.82, 2.24) is 4.57 Å². The molecule has 4 heteroatoms. The van der Waals surface area contributed by atoms with Crippen molar-refractivity contribution in [1.29, 1.82) is 0 Å². The quantitative estimate of drug-likeness (QED) is 0.562.